The lowest BCUT2D eigenvalue weighted by Crippen LogP contribution is -2.34. The number of benzene rings is 1. The second-order valence-corrected chi connectivity index (χ2v) is 7.18. The molecule has 2 heterocycles. The van der Waals surface area contributed by atoms with Crippen LogP contribution in [0.1, 0.15) is 35.2 Å². The van der Waals surface area contributed by atoms with Crippen LogP contribution in [0.2, 0.25) is 0 Å². The number of nitrogens with one attached hydrogen (secondary N) is 5. The Morgan fingerprint density at radius 1 is 1.30 bits per heavy atom. The molecule has 1 aliphatic heterocycles. The van der Waals surface area contributed by atoms with E-state index in [0.29, 0.717) is 36.3 Å². The predicted molar refractivity (Wildman–Crippen MR) is 110 cm³/mol. The van der Waals surface area contributed by atoms with Gasteiger partial charge in [0.15, 0.2) is 0 Å². The van der Waals surface area contributed by atoms with Crippen LogP contribution in [0.25, 0.3) is 0 Å². The van der Waals surface area contributed by atoms with Crippen LogP contribution < -0.4 is 21.5 Å². The summed E-state index contributed by atoms with van der Waals surface area (Å²) in [4.78, 5) is 19.6. The van der Waals surface area contributed by atoms with Crippen molar-refractivity contribution >= 4 is 17.9 Å². The van der Waals surface area contributed by atoms with Gasteiger partial charge in [-0.15, -0.1) is 0 Å². The maximum atomic E-state index is 12.5. The van der Waals surface area contributed by atoms with Gasteiger partial charge in [0.05, 0.1) is 0 Å². The molecule has 1 saturated heterocycles. The van der Waals surface area contributed by atoms with Gasteiger partial charge in [0.1, 0.15) is 11.4 Å². The summed E-state index contributed by atoms with van der Waals surface area (Å²) in [5.41, 5.74) is 4.06. The van der Waals surface area contributed by atoms with Crippen molar-refractivity contribution in [2.45, 2.75) is 33.2 Å². The van der Waals surface area contributed by atoms with Crippen molar-refractivity contribution in [3.05, 3.63) is 50.9 Å². The predicted octanol–water partition coefficient (Wildman–Crippen LogP) is 2.41. The van der Waals surface area contributed by atoms with Crippen LogP contribution in [0.15, 0.2) is 23.0 Å². The molecular formula is C20H28N6O. The minimum Gasteiger partial charge on any atom is -0.378 e. The van der Waals surface area contributed by atoms with Crippen molar-refractivity contribution < 1.29 is 0 Å². The van der Waals surface area contributed by atoms with Gasteiger partial charge in [-0.3, -0.25) is 9.78 Å². The SMILES string of the molecule is Cc1ccc(CNc2nc(C=N)c(NCC3CCCNC3)c(=O)[nH]2)cc1C. The molecule has 1 fully saturated rings. The average molecular weight is 368 g/mol. The highest BCUT2D eigenvalue weighted by Crippen LogP contribution is 2.14. The Balaban J connectivity index is 1.68. The first-order valence-electron chi connectivity index (χ1n) is 9.46. The largest absolute Gasteiger partial charge is 0.378 e. The van der Waals surface area contributed by atoms with Crippen molar-refractivity contribution in [2.24, 2.45) is 5.92 Å². The van der Waals surface area contributed by atoms with Gasteiger partial charge < -0.3 is 21.4 Å². The summed E-state index contributed by atoms with van der Waals surface area (Å²) in [6.07, 6.45) is 3.42. The van der Waals surface area contributed by atoms with E-state index in [1.807, 2.05) is 0 Å². The Morgan fingerprint density at radius 3 is 2.85 bits per heavy atom. The van der Waals surface area contributed by atoms with Crippen LogP contribution >= 0.6 is 0 Å². The van der Waals surface area contributed by atoms with E-state index in [1.165, 1.54) is 11.1 Å². The normalized spacial score (nSPS) is 16.7. The van der Waals surface area contributed by atoms with E-state index >= 15 is 0 Å². The van der Waals surface area contributed by atoms with E-state index in [4.69, 9.17) is 5.41 Å². The van der Waals surface area contributed by atoms with E-state index in [9.17, 15) is 4.79 Å². The van der Waals surface area contributed by atoms with Gasteiger partial charge in [0.25, 0.3) is 5.56 Å². The second kappa shape index (κ2) is 8.81. The van der Waals surface area contributed by atoms with Crippen LogP contribution in [0.3, 0.4) is 0 Å². The number of nitrogens with zero attached hydrogens (tertiary/aromatic N) is 1. The van der Waals surface area contributed by atoms with Gasteiger partial charge >= 0.3 is 0 Å². The number of hydrogen-bond acceptors (Lipinski definition) is 6. The Morgan fingerprint density at radius 2 is 2.15 bits per heavy atom. The average Bonchev–Trinajstić information content (AvgIpc) is 2.68. The molecule has 7 heteroatoms. The fourth-order valence-corrected chi connectivity index (χ4v) is 3.29. The summed E-state index contributed by atoms with van der Waals surface area (Å²) in [6.45, 7) is 7.43. The molecule has 0 saturated carbocycles. The zero-order valence-electron chi connectivity index (χ0n) is 16.0. The number of hydrogen-bond donors (Lipinski definition) is 5. The molecule has 0 radical (unpaired) electrons. The van der Waals surface area contributed by atoms with Crippen molar-refractivity contribution in [3.8, 4) is 0 Å². The standard InChI is InChI=1S/C20H28N6O/c1-13-5-6-15(8-14(13)2)11-24-20-25-17(9-21)18(19(27)26-20)23-12-16-4-3-7-22-10-16/h5-6,8-9,16,21-23H,3-4,7,10-12H2,1-2H3,(H2,24,25,26,27). The summed E-state index contributed by atoms with van der Waals surface area (Å²) in [7, 11) is 0. The number of aryl methyl sites for hydroxylation is 2. The highest BCUT2D eigenvalue weighted by Gasteiger charge is 2.15. The van der Waals surface area contributed by atoms with Gasteiger partial charge in [0.2, 0.25) is 5.95 Å². The number of aromatic nitrogens is 2. The molecule has 7 nitrogen and oxygen atoms in total. The first kappa shape index (κ1) is 19.1. The topological polar surface area (TPSA) is 106 Å². The molecule has 1 unspecified atom stereocenters. The highest BCUT2D eigenvalue weighted by atomic mass is 16.1. The van der Waals surface area contributed by atoms with Crippen LogP contribution in [0.4, 0.5) is 11.6 Å². The van der Waals surface area contributed by atoms with Crippen LogP contribution in [0.5, 0.6) is 0 Å². The third-order valence-electron chi connectivity index (χ3n) is 5.08. The van der Waals surface area contributed by atoms with Crippen LogP contribution in [-0.4, -0.2) is 35.8 Å². The Hall–Kier alpha value is -2.67. The van der Waals surface area contributed by atoms with Gasteiger partial charge in [-0.1, -0.05) is 18.2 Å². The molecule has 1 aromatic heterocycles. The van der Waals surface area contributed by atoms with Crippen LogP contribution in [-0.2, 0) is 6.54 Å². The Labute approximate surface area is 159 Å². The summed E-state index contributed by atoms with van der Waals surface area (Å²) < 4.78 is 0. The summed E-state index contributed by atoms with van der Waals surface area (Å²) in [6, 6.07) is 6.25. The van der Waals surface area contributed by atoms with Crippen molar-refractivity contribution in [1.29, 1.82) is 5.41 Å². The molecule has 0 spiro atoms. The number of anilines is 2. The third kappa shape index (κ3) is 4.95. The molecule has 1 aliphatic rings. The minimum absolute atomic E-state index is 0.255. The molecule has 5 N–H and O–H groups in total. The molecule has 144 valence electrons. The number of aromatic amines is 1. The molecule has 1 aromatic carbocycles. The van der Waals surface area contributed by atoms with Crippen molar-refractivity contribution in [2.75, 3.05) is 30.3 Å². The second-order valence-electron chi connectivity index (χ2n) is 7.18. The lowest BCUT2D eigenvalue weighted by molar-refractivity contribution is 0.393. The van der Waals surface area contributed by atoms with E-state index in [1.54, 1.807) is 0 Å². The molecule has 0 amide bonds. The quantitative estimate of drug-likeness (QED) is 0.483. The number of rotatable bonds is 7. The zero-order valence-corrected chi connectivity index (χ0v) is 16.0. The lowest BCUT2D eigenvalue weighted by atomic mass is 10.00. The highest BCUT2D eigenvalue weighted by molar-refractivity contribution is 5.83. The van der Waals surface area contributed by atoms with Gasteiger partial charge in [0, 0.05) is 19.3 Å². The molecule has 2 aromatic rings. The maximum Gasteiger partial charge on any atom is 0.276 e. The molecule has 1 atom stereocenters. The summed E-state index contributed by atoms with van der Waals surface area (Å²) >= 11 is 0. The van der Waals surface area contributed by atoms with E-state index in [-0.39, 0.29) is 5.56 Å². The van der Waals surface area contributed by atoms with E-state index in [0.717, 1.165) is 37.7 Å². The van der Waals surface area contributed by atoms with Gasteiger partial charge in [-0.05, 0) is 62.4 Å². The number of H-pyrrole nitrogens is 1. The molecular weight excluding hydrogens is 340 g/mol. The lowest BCUT2D eigenvalue weighted by Gasteiger charge is -2.23. The minimum atomic E-state index is -0.255. The van der Waals surface area contributed by atoms with Gasteiger partial charge in [-0.25, -0.2) is 4.98 Å². The molecule has 3 rings (SSSR count). The van der Waals surface area contributed by atoms with Gasteiger partial charge in [-0.2, -0.15) is 0 Å². The zero-order chi connectivity index (χ0) is 19.2. The Bertz CT molecular complexity index is 854. The van der Waals surface area contributed by atoms with E-state index < -0.39 is 0 Å². The fourth-order valence-electron chi connectivity index (χ4n) is 3.29. The van der Waals surface area contributed by atoms with E-state index in [2.05, 4.69) is 58.0 Å². The molecule has 0 aliphatic carbocycles. The maximum absolute atomic E-state index is 12.5. The summed E-state index contributed by atoms with van der Waals surface area (Å²) in [5.74, 6) is 0.862. The van der Waals surface area contributed by atoms with Crippen LogP contribution in [0, 0.1) is 25.2 Å². The third-order valence-corrected chi connectivity index (χ3v) is 5.08. The smallest absolute Gasteiger partial charge is 0.276 e. The summed E-state index contributed by atoms with van der Waals surface area (Å²) in [5, 5.41) is 17.3. The monoisotopic (exact) mass is 368 g/mol. The van der Waals surface area contributed by atoms with Crippen molar-refractivity contribution in [3.63, 3.8) is 0 Å². The number of piperidine rings is 1. The molecule has 0 bridgehead atoms. The first-order chi connectivity index (χ1) is 13.1. The first-order valence-corrected chi connectivity index (χ1v) is 9.46. The fraction of sp³-hybridized carbons (Fsp3) is 0.450. The Kier molecular flexibility index (Phi) is 6.24. The molecule has 27 heavy (non-hydrogen) atoms. The van der Waals surface area contributed by atoms with Crippen molar-refractivity contribution in [1.82, 2.24) is 15.3 Å².